The van der Waals surface area contributed by atoms with E-state index in [4.69, 9.17) is 9.47 Å². The molecule has 0 aliphatic carbocycles. The third-order valence-corrected chi connectivity index (χ3v) is 6.06. The summed E-state index contributed by atoms with van der Waals surface area (Å²) in [5.41, 5.74) is 2.10. The molecule has 2 aliphatic heterocycles. The molecule has 0 radical (unpaired) electrons. The van der Waals surface area contributed by atoms with Crippen LogP contribution >= 0.6 is 0 Å². The quantitative estimate of drug-likeness (QED) is 0.639. The molecule has 168 valence electrons. The van der Waals surface area contributed by atoms with Crippen LogP contribution in [0.15, 0.2) is 36.7 Å². The highest BCUT2D eigenvalue weighted by atomic mass is 16.7. The Kier molecular flexibility index (Phi) is 5.57. The highest BCUT2D eigenvalue weighted by Gasteiger charge is 2.24. The minimum atomic E-state index is -0.0131. The average molecular weight is 437 g/mol. The van der Waals surface area contributed by atoms with Gasteiger partial charge in [0.05, 0.1) is 5.69 Å². The maximum Gasteiger partial charge on any atom is 0.271 e. The molecule has 0 saturated carbocycles. The molecule has 1 aromatic carbocycles. The Bertz CT molecular complexity index is 1100. The number of ether oxygens (including phenoxy) is 2. The van der Waals surface area contributed by atoms with Crippen molar-refractivity contribution in [3.05, 3.63) is 48.2 Å². The van der Waals surface area contributed by atoms with Crippen molar-refractivity contribution in [3.8, 4) is 22.8 Å². The number of aromatic nitrogens is 4. The number of nitrogens with one attached hydrogen (secondary N) is 1. The summed E-state index contributed by atoms with van der Waals surface area (Å²) in [7, 11) is 0. The Morgan fingerprint density at radius 1 is 1.09 bits per heavy atom. The third kappa shape index (κ3) is 4.08. The van der Waals surface area contributed by atoms with Crippen molar-refractivity contribution >= 4 is 5.91 Å². The number of piperazine rings is 1. The first-order chi connectivity index (χ1) is 15.6. The van der Waals surface area contributed by atoms with E-state index in [-0.39, 0.29) is 12.7 Å². The topological polar surface area (TPSA) is 88.5 Å². The summed E-state index contributed by atoms with van der Waals surface area (Å²) in [6, 6.07) is 7.47. The molecule has 0 unspecified atom stereocenters. The molecule has 1 N–H and O–H groups in total. The van der Waals surface area contributed by atoms with Crippen LogP contribution in [0.4, 0.5) is 0 Å². The SMILES string of the molecule is CC(C)c1nccn1CCN1CCN(C(=O)c2cc(-c3ccc4c(c3)OCO4)n[nH]2)CC1. The number of H-pyrrole nitrogens is 1. The molecule has 9 heteroatoms. The Hall–Kier alpha value is -3.33. The summed E-state index contributed by atoms with van der Waals surface area (Å²) in [4.78, 5) is 21.7. The van der Waals surface area contributed by atoms with E-state index in [0.717, 1.165) is 43.3 Å². The molecule has 0 atom stereocenters. The first kappa shape index (κ1) is 20.6. The lowest BCUT2D eigenvalue weighted by molar-refractivity contribution is 0.0627. The largest absolute Gasteiger partial charge is 0.454 e. The van der Waals surface area contributed by atoms with Crippen molar-refractivity contribution in [1.82, 2.24) is 29.5 Å². The number of aromatic amines is 1. The van der Waals surface area contributed by atoms with Gasteiger partial charge in [-0.05, 0) is 24.3 Å². The van der Waals surface area contributed by atoms with Gasteiger partial charge in [-0.3, -0.25) is 14.8 Å². The Morgan fingerprint density at radius 3 is 2.72 bits per heavy atom. The molecular formula is C23H28N6O3. The smallest absolute Gasteiger partial charge is 0.271 e. The number of amides is 1. The van der Waals surface area contributed by atoms with E-state index in [1.54, 1.807) is 6.07 Å². The summed E-state index contributed by atoms with van der Waals surface area (Å²) >= 11 is 0. The van der Waals surface area contributed by atoms with Gasteiger partial charge in [-0.1, -0.05) is 13.8 Å². The lowest BCUT2D eigenvalue weighted by Gasteiger charge is -2.34. The molecule has 1 fully saturated rings. The normalized spacial score (nSPS) is 16.2. The van der Waals surface area contributed by atoms with Crippen molar-refractivity contribution in [3.63, 3.8) is 0 Å². The zero-order chi connectivity index (χ0) is 22.1. The minimum absolute atomic E-state index is 0.0131. The predicted molar refractivity (Wildman–Crippen MR) is 119 cm³/mol. The van der Waals surface area contributed by atoms with E-state index >= 15 is 0 Å². The number of hydrogen-bond donors (Lipinski definition) is 1. The summed E-state index contributed by atoms with van der Waals surface area (Å²) in [5.74, 6) is 2.95. The minimum Gasteiger partial charge on any atom is -0.454 e. The van der Waals surface area contributed by atoms with Crippen LogP contribution in [0.2, 0.25) is 0 Å². The molecule has 5 rings (SSSR count). The van der Waals surface area contributed by atoms with Crippen molar-refractivity contribution in [2.24, 2.45) is 0 Å². The standard InChI is InChI=1S/C23H28N6O3/c1-16(2)22-24-5-6-28(22)10-7-27-8-11-29(12-9-27)23(30)19-14-18(25-26-19)17-3-4-20-21(13-17)32-15-31-20/h3-6,13-14,16H,7-12,15H2,1-2H3,(H,25,26). The monoisotopic (exact) mass is 436 g/mol. The number of hydrogen-bond acceptors (Lipinski definition) is 6. The maximum atomic E-state index is 13.0. The van der Waals surface area contributed by atoms with E-state index < -0.39 is 0 Å². The van der Waals surface area contributed by atoms with Gasteiger partial charge in [0.1, 0.15) is 11.5 Å². The van der Waals surface area contributed by atoms with E-state index in [0.29, 0.717) is 36.1 Å². The van der Waals surface area contributed by atoms with Crippen molar-refractivity contribution in [2.45, 2.75) is 26.3 Å². The van der Waals surface area contributed by atoms with Crippen LogP contribution in [-0.2, 0) is 6.54 Å². The highest BCUT2D eigenvalue weighted by Crippen LogP contribution is 2.35. The number of carbonyl (C=O) groups excluding carboxylic acids is 1. The fourth-order valence-corrected chi connectivity index (χ4v) is 4.24. The molecule has 0 spiro atoms. The Balaban J connectivity index is 1.16. The van der Waals surface area contributed by atoms with Gasteiger partial charge in [-0.2, -0.15) is 5.10 Å². The van der Waals surface area contributed by atoms with E-state index in [2.05, 4.69) is 38.5 Å². The number of rotatable bonds is 6. The van der Waals surface area contributed by atoms with Gasteiger partial charge in [-0.15, -0.1) is 0 Å². The molecule has 9 nitrogen and oxygen atoms in total. The molecule has 3 aromatic rings. The fourth-order valence-electron chi connectivity index (χ4n) is 4.24. The Morgan fingerprint density at radius 2 is 1.91 bits per heavy atom. The second-order valence-corrected chi connectivity index (χ2v) is 8.50. The predicted octanol–water partition coefficient (Wildman–Crippen LogP) is 2.58. The zero-order valence-corrected chi connectivity index (χ0v) is 18.5. The average Bonchev–Trinajstić information content (AvgIpc) is 3.57. The molecule has 2 aromatic heterocycles. The maximum absolute atomic E-state index is 13.0. The molecule has 1 saturated heterocycles. The van der Waals surface area contributed by atoms with Crippen molar-refractivity contribution < 1.29 is 14.3 Å². The van der Waals surface area contributed by atoms with Gasteiger partial charge >= 0.3 is 0 Å². The summed E-state index contributed by atoms with van der Waals surface area (Å²) in [5, 5.41) is 7.24. The second-order valence-electron chi connectivity index (χ2n) is 8.50. The fraction of sp³-hybridized carbons (Fsp3) is 0.435. The molecule has 0 bridgehead atoms. The third-order valence-electron chi connectivity index (χ3n) is 6.06. The van der Waals surface area contributed by atoms with Gasteiger partial charge in [0.2, 0.25) is 6.79 Å². The number of benzene rings is 1. The van der Waals surface area contributed by atoms with E-state index in [1.807, 2.05) is 35.5 Å². The molecule has 1 amide bonds. The summed E-state index contributed by atoms with van der Waals surface area (Å²) < 4.78 is 13.0. The van der Waals surface area contributed by atoms with Gasteiger partial charge < -0.3 is 18.9 Å². The number of imidazole rings is 1. The zero-order valence-electron chi connectivity index (χ0n) is 18.5. The van der Waals surface area contributed by atoms with Crippen LogP contribution < -0.4 is 9.47 Å². The first-order valence-electron chi connectivity index (χ1n) is 11.1. The van der Waals surface area contributed by atoms with Crippen LogP contribution in [-0.4, -0.2) is 75.0 Å². The van der Waals surface area contributed by atoms with Crippen LogP contribution in [0.1, 0.15) is 36.1 Å². The Labute approximate surface area is 186 Å². The first-order valence-corrected chi connectivity index (χ1v) is 11.1. The lowest BCUT2D eigenvalue weighted by atomic mass is 10.1. The molecule has 2 aliphatic rings. The summed E-state index contributed by atoms with van der Waals surface area (Å²) in [6.07, 6.45) is 3.92. The van der Waals surface area contributed by atoms with Gasteiger partial charge in [0, 0.05) is 63.1 Å². The van der Waals surface area contributed by atoms with Crippen molar-refractivity contribution in [1.29, 1.82) is 0 Å². The van der Waals surface area contributed by atoms with Crippen LogP contribution in [0.25, 0.3) is 11.3 Å². The van der Waals surface area contributed by atoms with E-state index in [9.17, 15) is 4.79 Å². The summed E-state index contributed by atoms with van der Waals surface area (Å²) in [6.45, 7) is 9.57. The van der Waals surface area contributed by atoms with Gasteiger partial charge in [0.15, 0.2) is 11.5 Å². The number of nitrogens with zero attached hydrogens (tertiary/aromatic N) is 5. The van der Waals surface area contributed by atoms with Gasteiger partial charge in [0.25, 0.3) is 5.91 Å². The highest BCUT2D eigenvalue weighted by molar-refractivity contribution is 5.93. The second kappa shape index (κ2) is 8.66. The number of fused-ring (bicyclic) bond motifs is 1. The molecule has 4 heterocycles. The van der Waals surface area contributed by atoms with Crippen LogP contribution in [0, 0.1) is 0 Å². The van der Waals surface area contributed by atoms with Gasteiger partial charge in [-0.25, -0.2) is 4.98 Å². The molecular weight excluding hydrogens is 408 g/mol. The lowest BCUT2D eigenvalue weighted by Crippen LogP contribution is -2.49. The number of carbonyl (C=O) groups is 1. The van der Waals surface area contributed by atoms with E-state index in [1.165, 1.54) is 0 Å². The van der Waals surface area contributed by atoms with Crippen LogP contribution in [0.3, 0.4) is 0 Å². The van der Waals surface area contributed by atoms with Crippen LogP contribution in [0.5, 0.6) is 11.5 Å². The van der Waals surface area contributed by atoms with Crippen molar-refractivity contribution in [2.75, 3.05) is 39.5 Å². The molecule has 32 heavy (non-hydrogen) atoms.